The zero-order valence-electron chi connectivity index (χ0n) is 12.6. The molecular formula is C18H16FN3O. The number of nitrogens with two attached hydrogens (primary N) is 1. The number of aromatic amines is 1. The lowest BCUT2D eigenvalue weighted by Gasteiger charge is -2.08. The van der Waals surface area contributed by atoms with Crippen molar-refractivity contribution in [2.24, 2.45) is 0 Å². The van der Waals surface area contributed by atoms with Gasteiger partial charge in [-0.25, -0.2) is 9.37 Å². The minimum atomic E-state index is -0.338. The van der Waals surface area contributed by atoms with Gasteiger partial charge in [0.2, 0.25) is 0 Å². The van der Waals surface area contributed by atoms with E-state index in [9.17, 15) is 9.18 Å². The average molecular weight is 309 g/mol. The second-order valence-electron chi connectivity index (χ2n) is 5.25. The number of H-pyrrole nitrogens is 1. The van der Waals surface area contributed by atoms with Gasteiger partial charge in [0.05, 0.1) is 5.69 Å². The van der Waals surface area contributed by atoms with Gasteiger partial charge in [-0.05, 0) is 42.3 Å². The number of aromatic nitrogens is 2. The summed E-state index contributed by atoms with van der Waals surface area (Å²) >= 11 is 0. The Balaban J connectivity index is 2.09. The molecule has 0 amide bonds. The first-order valence-corrected chi connectivity index (χ1v) is 7.33. The Kier molecular flexibility index (Phi) is 3.93. The fraction of sp³-hybridized carbons (Fsp3) is 0.111. The van der Waals surface area contributed by atoms with Crippen LogP contribution in [0.3, 0.4) is 0 Å². The summed E-state index contributed by atoms with van der Waals surface area (Å²) in [5.41, 5.74) is 9.42. The fourth-order valence-electron chi connectivity index (χ4n) is 2.43. The summed E-state index contributed by atoms with van der Waals surface area (Å²) in [7, 11) is 0. The molecule has 1 aromatic heterocycles. The third kappa shape index (κ3) is 3.13. The van der Waals surface area contributed by atoms with Crippen LogP contribution in [0.15, 0.2) is 53.3 Å². The highest BCUT2D eigenvalue weighted by Crippen LogP contribution is 2.24. The zero-order chi connectivity index (χ0) is 16.4. The zero-order valence-corrected chi connectivity index (χ0v) is 12.6. The number of rotatable bonds is 3. The summed E-state index contributed by atoms with van der Waals surface area (Å²) in [4.78, 5) is 19.1. The maximum absolute atomic E-state index is 13.0. The Labute approximate surface area is 132 Å². The summed E-state index contributed by atoms with van der Waals surface area (Å²) in [6.07, 6.45) is 0.843. The molecule has 0 bridgehead atoms. The Morgan fingerprint density at radius 2 is 1.78 bits per heavy atom. The smallest absolute Gasteiger partial charge is 0.251 e. The van der Waals surface area contributed by atoms with Crippen LogP contribution in [-0.4, -0.2) is 9.97 Å². The predicted molar refractivity (Wildman–Crippen MR) is 89.5 cm³/mol. The van der Waals surface area contributed by atoms with Crippen LogP contribution in [0, 0.1) is 5.82 Å². The molecule has 0 atom stereocenters. The van der Waals surface area contributed by atoms with E-state index in [1.165, 1.54) is 18.2 Å². The molecule has 0 fully saturated rings. The van der Waals surface area contributed by atoms with Gasteiger partial charge in [-0.1, -0.05) is 19.1 Å². The van der Waals surface area contributed by atoms with Crippen LogP contribution in [0.2, 0.25) is 0 Å². The molecule has 0 aliphatic rings. The second kappa shape index (κ2) is 6.04. The van der Waals surface area contributed by atoms with Crippen molar-refractivity contribution in [2.75, 3.05) is 5.73 Å². The van der Waals surface area contributed by atoms with Crippen LogP contribution < -0.4 is 11.3 Å². The van der Waals surface area contributed by atoms with Crippen molar-refractivity contribution in [3.8, 4) is 22.6 Å². The maximum Gasteiger partial charge on any atom is 0.251 e. The minimum Gasteiger partial charge on any atom is -0.398 e. The highest BCUT2D eigenvalue weighted by atomic mass is 19.1. The number of nitrogens with one attached hydrogen (secondary N) is 1. The number of nitrogen functional groups attached to an aromatic ring is 1. The number of halogens is 1. The van der Waals surface area contributed by atoms with Gasteiger partial charge in [-0.2, -0.15) is 0 Å². The molecule has 3 N–H and O–H groups in total. The van der Waals surface area contributed by atoms with Gasteiger partial charge in [0, 0.05) is 22.9 Å². The lowest BCUT2D eigenvalue weighted by molar-refractivity contribution is 0.628. The van der Waals surface area contributed by atoms with Crippen LogP contribution in [0.4, 0.5) is 10.1 Å². The van der Waals surface area contributed by atoms with Crippen LogP contribution in [0.25, 0.3) is 22.6 Å². The van der Waals surface area contributed by atoms with E-state index >= 15 is 0 Å². The molecule has 0 aliphatic carbocycles. The SMILES string of the molecule is CCc1ccc(-c2cc(=O)[nH]c(-c3ccc(F)cc3)n2)cc1N. The Hall–Kier alpha value is -2.95. The monoisotopic (exact) mass is 309 g/mol. The summed E-state index contributed by atoms with van der Waals surface area (Å²) < 4.78 is 13.0. The topological polar surface area (TPSA) is 71.8 Å². The van der Waals surface area contributed by atoms with Crippen molar-refractivity contribution >= 4 is 5.69 Å². The maximum atomic E-state index is 13.0. The van der Waals surface area contributed by atoms with Crippen molar-refractivity contribution in [3.63, 3.8) is 0 Å². The van der Waals surface area contributed by atoms with Crippen molar-refractivity contribution in [3.05, 3.63) is 70.3 Å². The molecule has 2 aromatic carbocycles. The van der Waals surface area contributed by atoms with E-state index in [0.29, 0.717) is 22.8 Å². The molecule has 23 heavy (non-hydrogen) atoms. The van der Waals surface area contributed by atoms with Gasteiger partial charge in [0.25, 0.3) is 5.56 Å². The number of nitrogens with zero attached hydrogens (tertiary/aromatic N) is 1. The van der Waals surface area contributed by atoms with Gasteiger partial charge in [-0.15, -0.1) is 0 Å². The largest absolute Gasteiger partial charge is 0.398 e. The molecule has 5 heteroatoms. The van der Waals surface area contributed by atoms with E-state index in [2.05, 4.69) is 9.97 Å². The summed E-state index contributed by atoms with van der Waals surface area (Å²) in [5.74, 6) is 0.0563. The molecule has 3 rings (SSSR count). The first-order valence-electron chi connectivity index (χ1n) is 7.33. The van der Waals surface area contributed by atoms with E-state index < -0.39 is 0 Å². The van der Waals surface area contributed by atoms with E-state index in [4.69, 9.17) is 5.73 Å². The molecule has 0 spiro atoms. The highest BCUT2D eigenvalue weighted by molar-refractivity contribution is 5.68. The van der Waals surface area contributed by atoms with Gasteiger partial charge in [-0.3, -0.25) is 4.79 Å². The van der Waals surface area contributed by atoms with Gasteiger partial charge in [0.1, 0.15) is 11.6 Å². The number of hydrogen-bond acceptors (Lipinski definition) is 3. The molecule has 116 valence electrons. The first kappa shape index (κ1) is 15.0. The van der Waals surface area contributed by atoms with Crippen molar-refractivity contribution in [1.29, 1.82) is 0 Å². The lowest BCUT2D eigenvalue weighted by Crippen LogP contribution is -2.08. The summed E-state index contributed by atoms with van der Waals surface area (Å²) in [6, 6.07) is 12.9. The Morgan fingerprint density at radius 1 is 1.09 bits per heavy atom. The highest BCUT2D eigenvalue weighted by Gasteiger charge is 2.08. The van der Waals surface area contributed by atoms with Crippen molar-refractivity contribution < 1.29 is 4.39 Å². The molecular weight excluding hydrogens is 293 g/mol. The molecule has 0 aliphatic heterocycles. The molecule has 0 saturated carbocycles. The Morgan fingerprint density at radius 3 is 2.43 bits per heavy atom. The van der Waals surface area contributed by atoms with Crippen LogP contribution in [-0.2, 0) is 6.42 Å². The predicted octanol–water partition coefficient (Wildman–Crippen LogP) is 3.39. The van der Waals surface area contributed by atoms with E-state index in [-0.39, 0.29) is 11.4 Å². The van der Waals surface area contributed by atoms with Crippen LogP contribution in [0.5, 0.6) is 0 Å². The Bertz CT molecular complexity index is 901. The molecule has 0 saturated heterocycles. The molecule has 0 radical (unpaired) electrons. The van der Waals surface area contributed by atoms with Gasteiger partial charge in [0.15, 0.2) is 0 Å². The van der Waals surface area contributed by atoms with Gasteiger partial charge >= 0.3 is 0 Å². The lowest BCUT2D eigenvalue weighted by atomic mass is 10.0. The average Bonchev–Trinajstić information content (AvgIpc) is 2.55. The van der Waals surface area contributed by atoms with E-state index in [1.54, 1.807) is 12.1 Å². The second-order valence-corrected chi connectivity index (χ2v) is 5.25. The minimum absolute atomic E-state index is 0.271. The van der Waals surface area contributed by atoms with Crippen LogP contribution >= 0.6 is 0 Å². The van der Waals surface area contributed by atoms with Gasteiger partial charge < -0.3 is 10.7 Å². The number of benzene rings is 2. The third-order valence-electron chi connectivity index (χ3n) is 3.68. The summed E-state index contributed by atoms with van der Waals surface area (Å²) in [6.45, 7) is 2.03. The molecule has 4 nitrogen and oxygen atoms in total. The third-order valence-corrected chi connectivity index (χ3v) is 3.68. The van der Waals surface area contributed by atoms with E-state index in [1.807, 2.05) is 25.1 Å². The fourth-order valence-corrected chi connectivity index (χ4v) is 2.43. The molecule has 3 aromatic rings. The summed E-state index contributed by atoms with van der Waals surface area (Å²) in [5, 5.41) is 0. The quantitative estimate of drug-likeness (QED) is 0.728. The number of aryl methyl sites for hydroxylation is 1. The number of hydrogen-bond donors (Lipinski definition) is 2. The number of anilines is 1. The normalized spacial score (nSPS) is 10.7. The molecule has 0 unspecified atom stereocenters. The standard InChI is InChI=1S/C18H16FN3O/c1-2-11-3-4-13(9-15(11)20)16-10-17(23)22-18(21-16)12-5-7-14(19)8-6-12/h3-10H,2,20H2,1H3,(H,21,22,23). The van der Waals surface area contributed by atoms with E-state index in [0.717, 1.165) is 17.5 Å². The molecule has 1 heterocycles. The van der Waals surface area contributed by atoms with Crippen LogP contribution in [0.1, 0.15) is 12.5 Å². The van der Waals surface area contributed by atoms with Crippen molar-refractivity contribution in [1.82, 2.24) is 9.97 Å². The van der Waals surface area contributed by atoms with Crippen molar-refractivity contribution in [2.45, 2.75) is 13.3 Å². The first-order chi connectivity index (χ1) is 11.1.